The number of nitrogens with zero attached hydrogens (tertiary/aromatic N) is 1. The van der Waals surface area contributed by atoms with Gasteiger partial charge in [-0.05, 0) is 25.5 Å². The normalized spacial score (nSPS) is 12.5. The summed E-state index contributed by atoms with van der Waals surface area (Å²) < 4.78 is 0. The van der Waals surface area contributed by atoms with Crippen molar-refractivity contribution < 1.29 is 5.11 Å². The first-order valence-electron chi connectivity index (χ1n) is 4.41. The Hall–Kier alpha value is -1.15. The lowest BCUT2D eigenvalue weighted by atomic mass is 10.1. The van der Waals surface area contributed by atoms with E-state index in [-0.39, 0.29) is 6.10 Å². The largest absolute Gasteiger partial charge is 0.392 e. The van der Waals surface area contributed by atoms with Crippen molar-refractivity contribution >= 4 is 0 Å². The summed E-state index contributed by atoms with van der Waals surface area (Å²) in [5.41, 5.74) is 1.93. The predicted octanol–water partition coefficient (Wildman–Crippen LogP) is 1.95. The molecule has 0 amide bonds. The molecule has 0 saturated carbocycles. The summed E-state index contributed by atoms with van der Waals surface area (Å²) in [4.78, 5) is 4.14. The Kier molecular flexibility index (Phi) is 3.65. The average molecular weight is 177 g/mol. The summed E-state index contributed by atoms with van der Waals surface area (Å²) in [5, 5.41) is 9.57. The van der Waals surface area contributed by atoms with E-state index >= 15 is 0 Å². The van der Waals surface area contributed by atoms with E-state index in [0.29, 0.717) is 12.8 Å². The van der Waals surface area contributed by atoms with E-state index in [1.165, 1.54) is 0 Å². The van der Waals surface area contributed by atoms with Crippen LogP contribution >= 0.6 is 0 Å². The van der Waals surface area contributed by atoms with Crippen LogP contribution in [-0.4, -0.2) is 16.2 Å². The molecule has 13 heavy (non-hydrogen) atoms. The number of aromatic nitrogens is 1. The summed E-state index contributed by atoms with van der Waals surface area (Å²) in [6.07, 6.45) is 2.64. The molecule has 0 aromatic carbocycles. The van der Waals surface area contributed by atoms with Gasteiger partial charge in [0.15, 0.2) is 0 Å². The first-order chi connectivity index (χ1) is 6.18. The van der Waals surface area contributed by atoms with Crippen molar-refractivity contribution in [3.63, 3.8) is 0 Å². The van der Waals surface area contributed by atoms with Gasteiger partial charge in [0.1, 0.15) is 0 Å². The second-order valence-electron chi connectivity index (χ2n) is 3.34. The molecule has 1 N–H and O–H groups in total. The highest BCUT2D eigenvalue weighted by Gasteiger charge is 2.05. The van der Waals surface area contributed by atoms with Gasteiger partial charge in [0.05, 0.1) is 6.10 Å². The van der Waals surface area contributed by atoms with Crippen molar-refractivity contribution in [2.24, 2.45) is 0 Å². The second-order valence-corrected chi connectivity index (χ2v) is 3.34. The second kappa shape index (κ2) is 4.77. The zero-order valence-electron chi connectivity index (χ0n) is 7.90. The van der Waals surface area contributed by atoms with Crippen molar-refractivity contribution in [1.29, 1.82) is 0 Å². The van der Waals surface area contributed by atoms with Crippen LogP contribution in [-0.2, 0) is 6.42 Å². The third-order valence-electron chi connectivity index (χ3n) is 1.75. The highest BCUT2D eigenvalue weighted by molar-refractivity contribution is 5.05. The molecule has 70 valence electrons. The lowest BCUT2D eigenvalue weighted by Crippen LogP contribution is -2.11. The average Bonchev–Trinajstić information content (AvgIpc) is 2.04. The lowest BCUT2D eigenvalue weighted by Gasteiger charge is -2.08. The van der Waals surface area contributed by atoms with Crippen LogP contribution in [0.15, 0.2) is 36.5 Å². The van der Waals surface area contributed by atoms with Crippen molar-refractivity contribution in [2.45, 2.75) is 25.9 Å². The highest BCUT2D eigenvalue weighted by atomic mass is 16.3. The minimum absolute atomic E-state index is 0.354. The van der Waals surface area contributed by atoms with Crippen molar-refractivity contribution in [3.05, 3.63) is 42.2 Å². The molecule has 0 aliphatic rings. The lowest BCUT2D eigenvalue weighted by molar-refractivity contribution is 0.174. The molecule has 0 spiro atoms. The smallest absolute Gasteiger partial charge is 0.0632 e. The van der Waals surface area contributed by atoms with Gasteiger partial charge >= 0.3 is 0 Å². The van der Waals surface area contributed by atoms with Gasteiger partial charge in [-0.1, -0.05) is 11.6 Å². The van der Waals surface area contributed by atoms with Crippen LogP contribution in [0.3, 0.4) is 0 Å². The molecule has 0 fully saturated rings. The number of rotatable bonds is 4. The van der Waals surface area contributed by atoms with E-state index in [9.17, 15) is 5.11 Å². The number of hydrogen-bond donors (Lipinski definition) is 1. The minimum Gasteiger partial charge on any atom is -0.392 e. The molecular formula is C11H15NO. The third-order valence-corrected chi connectivity index (χ3v) is 1.75. The number of hydrogen-bond acceptors (Lipinski definition) is 2. The maximum absolute atomic E-state index is 9.57. The fourth-order valence-corrected chi connectivity index (χ4v) is 1.23. The molecule has 1 heterocycles. The summed E-state index contributed by atoms with van der Waals surface area (Å²) >= 11 is 0. The summed E-state index contributed by atoms with van der Waals surface area (Å²) in [6.45, 7) is 5.67. The van der Waals surface area contributed by atoms with Crippen LogP contribution in [0.2, 0.25) is 0 Å². The Morgan fingerprint density at radius 3 is 2.92 bits per heavy atom. The zero-order valence-corrected chi connectivity index (χ0v) is 7.90. The first-order valence-corrected chi connectivity index (χ1v) is 4.41. The Balaban J connectivity index is 2.45. The monoisotopic (exact) mass is 177 g/mol. The minimum atomic E-state index is -0.354. The van der Waals surface area contributed by atoms with Crippen molar-refractivity contribution in [1.82, 2.24) is 4.98 Å². The van der Waals surface area contributed by atoms with Crippen molar-refractivity contribution in [2.75, 3.05) is 0 Å². The quantitative estimate of drug-likeness (QED) is 0.713. The van der Waals surface area contributed by atoms with Gasteiger partial charge in [-0.15, -0.1) is 6.58 Å². The molecule has 0 bridgehead atoms. The summed E-state index contributed by atoms with van der Waals surface area (Å²) in [7, 11) is 0. The Morgan fingerprint density at radius 1 is 1.62 bits per heavy atom. The molecule has 1 unspecified atom stereocenters. The van der Waals surface area contributed by atoms with Gasteiger partial charge in [0.25, 0.3) is 0 Å². The standard InChI is InChI=1S/C11H15NO/c1-9(2)7-11(13)8-10-5-3-4-6-12-10/h3-6,11,13H,1,7-8H2,2H3. The number of pyridine rings is 1. The van der Waals surface area contributed by atoms with Crippen LogP contribution in [0.4, 0.5) is 0 Å². The molecule has 1 aromatic heterocycles. The maximum Gasteiger partial charge on any atom is 0.0632 e. The predicted molar refractivity (Wildman–Crippen MR) is 53.4 cm³/mol. The van der Waals surface area contributed by atoms with Gasteiger partial charge in [-0.25, -0.2) is 0 Å². The Bertz CT molecular complexity index is 269. The fraction of sp³-hybridized carbons (Fsp3) is 0.364. The van der Waals surface area contributed by atoms with Gasteiger partial charge < -0.3 is 5.11 Å². The van der Waals surface area contributed by atoms with E-state index in [1.54, 1.807) is 6.20 Å². The molecule has 2 nitrogen and oxygen atoms in total. The third kappa shape index (κ3) is 3.85. The van der Waals surface area contributed by atoms with Gasteiger partial charge in [0.2, 0.25) is 0 Å². The van der Waals surface area contributed by atoms with Gasteiger partial charge in [-0.3, -0.25) is 4.98 Å². The molecule has 0 saturated heterocycles. The molecule has 0 aliphatic carbocycles. The number of aliphatic hydroxyl groups excluding tert-OH is 1. The van der Waals surface area contributed by atoms with Crippen LogP contribution in [0.1, 0.15) is 19.0 Å². The fourth-order valence-electron chi connectivity index (χ4n) is 1.23. The zero-order chi connectivity index (χ0) is 9.68. The van der Waals surface area contributed by atoms with Gasteiger partial charge in [0, 0.05) is 18.3 Å². The molecular weight excluding hydrogens is 162 g/mol. The molecule has 1 aromatic rings. The van der Waals surface area contributed by atoms with Crippen LogP contribution in [0.5, 0.6) is 0 Å². The van der Waals surface area contributed by atoms with Crippen LogP contribution in [0.25, 0.3) is 0 Å². The van der Waals surface area contributed by atoms with Crippen LogP contribution < -0.4 is 0 Å². The maximum atomic E-state index is 9.57. The topological polar surface area (TPSA) is 33.1 Å². The molecule has 0 aliphatic heterocycles. The molecule has 1 atom stereocenters. The van der Waals surface area contributed by atoms with E-state index in [0.717, 1.165) is 11.3 Å². The number of aliphatic hydroxyl groups is 1. The van der Waals surface area contributed by atoms with E-state index < -0.39 is 0 Å². The molecule has 1 rings (SSSR count). The Morgan fingerprint density at radius 2 is 2.38 bits per heavy atom. The van der Waals surface area contributed by atoms with E-state index in [1.807, 2.05) is 25.1 Å². The van der Waals surface area contributed by atoms with Crippen LogP contribution in [0, 0.1) is 0 Å². The first kappa shape index (κ1) is 9.93. The SMILES string of the molecule is C=C(C)CC(O)Cc1ccccn1. The Labute approximate surface area is 78.9 Å². The van der Waals surface area contributed by atoms with E-state index in [2.05, 4.69) is 11.6 Å². The van der Waals surface area contributed by atoms with E-state index in [4.69, 9.17) is 0 Å². The summed E-state index contributed by atoms with van der Waals surface area (Å²) in [6, 6.07) is 5.71. The van der Waals surface area contributed by atoms with Gasteiger partial charge in [-0.2, -0.15) is 0 Å². The molecule has 2 heteroatoms. The van der Waals surface area contributed by atoms with Crippen molar-refractivity contribution in [3.8, 4) is 0 Å². The summed E-state index contributed by atoms with van der Waals surface area (Å²) in [5.74, 6) is 0. The molecule has 0 radical (unpaired) electrons. The highest BCUT2D eigenvalue weighted by Crippen LogP contribution is 2.07.